The summed E-state index contributed by atoms with van der Waals surface area (Å²) < 4.78 is 5.66. The topological polar surface area (TPSA) is 41.6 Å². The molecule has 0 bridgehead atoms. The number of nitrogens with one attached hydrogen (secondary N) is 1. The lowest BCUT2D eigenvalue weighted by molar-refractivity contribution is -0.0184. The number of carbonyl (C=O) groups is 1. The second kappa shape index (κ2) is 6.78. The quantitative estimate of drug-likeness (QED) is 0.783. The summed E-state index contributed by atoms with van der Waals surface area (Å²) in [5.74, 6) is 0. The molecule has 1 aliphatic heterocycles. The molecule has 1 N–H and O–H groups in total. The zero-order valence-electron chi connectivity index (χ0n) is 11.2. The number of ether oxygens (including phenoxy) is 1. The Bertz CT molecular complexity index is 302. The van der Waals surface area contributed by atoms with E-state index in [0.29, 0.717) is 19.2 Å². The standard InChI is InChI=1S/C14H24N2O2/c1-2-6-13-11-16(9-10-18-13)14(17)15-12-7-4-3-5-8-12/h3-4,12-13H,2,5-11H2,1H3,(H,15,17)/t12-,13-/m1/s1. The normalized spacial score (nSPS) is 28.2. The van der Waals surface area contributed by atoms with E-state index in [1.165, 1.54) is 0 Å². The first kappa shape index (κ1) is 13.4. The number of allylic oxidation sites excluding steroid dienone is 1. The molecule has 0 unspecified atom stereocenters. The van der Waals surface area contributed by atoms with E-state index in [-0.39, 0.29) is 12.1 Å². The summed E-state index contributed by atoms with van der Waals surface area (Å²) in [4.78, 5) is 14.1. The highest BCUT2D eigenvalue weighted by molar-refractivity contribution is 5.74. The number of nitrogens with zero attached hydrogens (tertiary/aromatic N) is 1. The highest BCUT2D eigenvalue weighted by Crippen LogP contribution is 2.13. The first-order valence-corrected chi connectivity index (χ1v) is 7.11. The minimum Gasteiger partial charge on any atom is -0.375 e. The SMILES string of the molecule is CCC[C@@H]1CN(C(=O)N[C@@H]2CC=CCC2)CCO1. The molecule has 18 heavy (non-hydrogen) atoms. The van der Waals surface area contributed by atoms with Crippen LogP contribution in [0.1, 0.15) is 39.0 Å². The van der Waals surface area contributed by atoms with Crippen LogP contribution in [-0.2, 0) is 4.74 Å². The Balaban J connectivity index is 1.78. The number of carbonyl (C=O) groups excluding carboxylic acids is 1. The Kier molecular flexibility index (Phi) is 5.05. The van der Waals surface area contributed by atoms with Gasteiger partial charge in [-0.25, -0.2) is 4.79 Å². The van der Waals surface area contributed by atoms with Crippen molar-refractivity contribution in [2.24, 2.45) is 0 Å². The summed E-state index contributed by atoms with van der Waals surface area (Å²) >= 11 is 0. The third kappa shape index (κ3) is 3.73. The molecule has 0 spiro atoms. The highest BCUT2D eigenvalue weighted by Gasteiger charge is 2.25. The van der Waals surface area contributed by atoms with E-state index >= 15 is 0 Å². The minimum absolute atomic E-state index is 0.0831. The maximum Gasteiger partial charge on any atom is 0.317 e. The van der Waals surface area contributed by atoms with Crippen molar-refractivity contribution in [2.45, 2.75) is 51.2 Å². The van der Waals surface area contributed by atoms with Crippen LogP contribution in [0.5, 0.6) is 0 Å². The molecule has 1 aliphatic carbocycles. The smallest absolute Gasteiger partial charge is 0.317 e. The van der Waals surface area contributed by atoms with Crippen molar-refractivity contribution in [3.63, 3.8) is 0 Å². The molecule has 2 atom stereocenters. The van der Waals surface area contributed by atoms with E-state index in [1.54, 1.807) is 0 Å². The van der Waals surface area contributed by atoms with Crippen molar-refractivity contribution in [3.8, 4) is 0 Å². The van der Waals surface area contributed by atoms with Crippen LogP contribution in [0, 0.1) is 0 Å². The number of rotatable bonds is 3. The second-order valence-electron chi connectivity index (χ2n) is 5.16. The fourth-order valence-corrected chi connectivity index (χ4v) is 2.59. The van der Waals surface area contributed by atoms with Gasteiger partial charge in [0.25, 0.3) is 0 Å². The van der Waals surface area contributed by atoms with Gasteiger partial charge < -0.3 is 15.0 Å². The molecule has 0 radical (unpaired) electrons. The van der Waals surface area contributed by atoms with Gasteiger partial charge in [-0.15, -0.1) is 0 Å². The van der Waals surface area contributed by atoms with Crippen LogP contribution in [0.4, 0.5) is 4.79 Å². The molecule has 0 aromatic heterocycles. The fraction of sp³-hybridized carbons (Fsp3) is 0.786. The Labute approximate surface area is 109 Å². The summed E-state index contributed by atoms with van der Waals surface area (Å²) in [5.41, 5.74) is 0. The average molecular weight is 252 g/mol. The van der Waals surface area contributed by atoms with Crippen LogP contribution in [0.15, 0.2) is 12.2 Å². The third-order valence-electron chi connectivity index (χ3n) is 3.63. The van der Waals surface area contributed by atoms with E-state index in [2.05, 4.69) is 24.4 Å². The van der Waals surface area contributed by atoms with Crippen molar-refractivity contribution in [3.05, 3.63) is 12.2 Å². The summed E-state index contributed by atoms with van der Waals surface area (Å²) in [5, 5.41) is 3.13. The molecule has 0 saturated carbocycles. The molecular weight excluding hydrogens is 228 g/mol. The van der Waals surface area contributed by atoms with Crippen LogP contribution in [0.3, 0.4) is 0 Å². The largest absolute Gasteiger partial charge is 0.375 e. The zero-order chi connectivity index (χ0) is 12.8. The number of amides is 2. The third-order valence-corrected chi connectivity index (χ3v) is 3.63. The van der Waals surface area contributed by atoms with Crippen LogP contribution >= 0.6 is 0 Å². The van der Waals surface area contributed by atoms with E-state index in [0.717, 1.165) is 38.6 Å². The van der Waals surface area contributed by atoms with Crippen molar-refractivity contribution in [1.29, 1.82) is 0 Å². The Morgan fingerprint density at radius 2 is 2.39 bits per heavy atom. The van der Waals surface area contributed by atoms with Crippen LogP contribution < -0.4 is 5.32 Å². The van der Waals surface area contributed by atoms with E-state index in [4.69, 9.17) is 4.74 Å². The lowest BCUT2D eigenvalue weighted by atomic mass is 10.0. The van der Waals surface area contributed by atoms with Gasteiger partial charge in [0.1, 0.15) is 0 Å². The summed E-state index contributed by atoms with van der Waals surface area (Å²) in [6.07, 6.45) is 9.82. The molecule has 1 heterocycles. The van der Waals surface area contributed by atoms with Crippen molar-refractivity contribution >= 4 is 6.03 Å². The van der Waals surface area contributed by atoms with Crippen LogP contribution in [0.25, 0.3) is 0 Å². The molecule has 102 valence electrons. The van der Waals surface area contributed by atoms with E-state index < -0.39 is 0 Å². The van der Waals surface area contributed by atoms with Crippen molar-refractivity contribution in [1.82, 2.24) is 10.2 Å². The monoisotopic (exact) mass is 252 g/mol. The Hall–Kier alpha value is -1.03. The average Bonchev–Trinajstić information content (AvgIpc) is 2.40. The highest BCUT2D eigenvalue weighted by atomic mass is 16.5. The molecule has 0 aromatic rings. The van der Waals surface area contributed by atoms with Gasteiger partial charge in [0.2, 0.25) is 0 Å². The van der Waals surface area contributed by atoms with Crippen molar-refractivity contribution in [2.75, 3.05) is 19.7 Å². The lowest BCUT2D eigenvalue weighted by Crippen LogP contribution is -2.51. The second-order valence-corrected chi connectivity index (χ2v) is 5.16. The maximum atomic E-state index is 12.2. The van der Waals surface area contributed by atoms with Gasteiger partial charge in [-0.05, 0) is 25.7 Å². The molecule has 2 rings (SSSR count). The van der Waals surface area contributed by atoms with Gasteiger partial charge in [-0.3, -0.25) is 0 Å². The number of hydrogen-bond acceptors (Lipinski definition) is 2. The molecule has 2 aliphatic rings. The predicted octanol–water partition coefficient (Wildman–Crippen LogP) is 2.31. The lowest BCUT2D eigenvalue weighted by Gasteiger charge is -2.34. The van der Waals surface area contributed by atoms with Gasteiger partial charge in [0.15, 0.2) is 0 Å². The molecule has 4 heteroatoms. The maximum absolute atomic E-state index is 12.2. The number of hydrogen-bond donors (Lipinski definition) is 1. The summed E-state index contributed by atoms with van der Waals surface area (Å²) in [7, 11) is 0. The van der Waals surface area contributed by atoms with Gasteiger partial charge in [-0.2, -0.15) is 0 Å². The number of urea groups is 1. The molecule has 1 fully saturated rings. The summed E-state index contributed by atoms with van der Waals surface area (Å²) in [6.45, 7) is 4.27. The van der Waals surface area contributed by atoms with Gasteiger partial charge in [0, 0.05) is 19.1 Å². The van der Waals surface area contributed by atoms with Crippen molar-refractivity contribution < 1.29 is 9.53 Å². The first-order valence-electron chi connectivity index (χ1n) is 7.11. The zero-order valence-corrected chi connectivity index (χ0v) is 11.2. The first-order chi connectivity index (χ1) is 8.79. The molecule has 4 nitrogen and oxygen atoms in total. The minimum atomic E-state index is 0.0831. The van der Waals surface area contributed by atoms with Gasteiger partial charge in [0.05, 0.1) is 12.7 Å². The van der Waals surface area contributed by atoms with Gasteiger partial charge >= 0.3 is 6.03 Å². The summed E-state index contributed by atoms with van der Waals surface area (Å²) in [6, 6.07) is 0.398. The Morgan fingerprint density at radius 1 is 1.50 bits per heavy atom. The van der Waals surface area contributed by atoms with Gasteiger partial charge in [-0.1, -0.05) is 25.5 Å². The van der Waals surface area contributed by atoms with E-state index in [9.17, 15) is 4.79 Å². The molecule has 0 aromatic carbocycles. The number of morpholine rings is 1. The van der Waals surface area contributed by atoms with Crippen LogP contribution in [0.2, 0.25) is 0 Å². The molecule has 1 saturated heterocycles. The van der Waals surface area contributed by atoms with E-state index in [1.807, 2.05) is 4.90 Å². The molecular formula is C14H24N2O2. The Morgan fingerprint density at radius 3 is 3.11 bits per heavy atom. The fourth-order valence-electron chi connectivity index (χ4n) is 2.59. The predicted molar refractivity (Wildman–Crippen MR) is 71.5 cm³/mol. The van der Waals surface area contributed by atoms with Crippen LogP contribution in [-0.4, -0.2) is 42.8 Å². The molecule has 2 amide bonds.